The van der Waals surface area contributed by atoms with E-state index < -0.39 is 0 Å². The van der Waals surface area contributed by atoms with Crippen LogP contribution in [0.5, 0.6) is 5.75 Å². The zero-order chi connectivity index (χ0) is 19.5. The Balaban J connectivity index is 1.45. The van der Waals surface area contributed by atoms with Crippen molar-refractivity contribution >= 4 is 11.8 Å². The fourth-order valence-electron chi connectivity index (χ4n) is 4.22. The van der Waals surface area contributed by atoms with Crippen molar-refractivity contribution < 1.29 is 14.3 Å². The van der Waals surface area contributed by atoms with E-state index in [0.717, 1.165) is 30.7 Å². The average Bonchev–Trinajstić information content (AvgIpc) is 3.06. The Morgan fingerprint density at radius 2 is 1.89 bits per heavy atom. The van der Waals surface area contributed by atoms with Gasteiger partial charge in [0.05, 0.1) is 13.5 Å². The quantitative estimate of drug-likeness (QED) is 0.818. The minimum atomic E-state index is -0.0399. The third-order valence-corrected chi connectivity index (χ3v) is 5.72. The number of carbonyl (C=O) groups excluding carboxylic acids is 2. The fraction of sp³-hybridized carbons (Fsp3) is 0.409. The van der Waals surface area contributed by atoms with Crippen molar-refractivity contribution in [3.05, 3.63) is 59.9 Å². The number of amides is 2. The molecule has 1 aromatic heterocycles. The first-order valence-corrected chi connectivity index (χ1v) is 9.76. The Hall–Kier alpha value is -2.89. The second-order valence-corrected chi connectivity index (χ2v) is 7.59. The maximum absolute atomic E-state index is 13.0. The van der Waals surface area contributed by atoms with E-state index in [-0.39, 0.29) is 17.9 Å². The average molecular weight is 379 g/mol. The number of hydrogen-bond acceptors (Lipinski definition) is 4. The van der Waals surface area contributed by atoms with E-state index in [1.165, 1.54) is 0 Å². The van der Waals surface area contributed by atoms with Gasteiger partial charge in [0.1, 0.15) is 11.4 Å². The minimum Gasteiger partial charge on any atom is -0.497 e. The lowest BCUT2D eigenvalue weighted by Gasteiger charge is -2.36. The summed E-state index contributed by atoms with van der Waals surface area (Å²) >= 11 is 0. The second-order valence-electron chi connectivity index (χ2n) is 7.59. The van der Waals surface area contributed by atoms with E-state index in [9.17, 15) is 9.59 Å². The molecule has 0 radical (unpaired) electrons. The van der Waals surface area contributed by atoms with Crippen molar-refractivity contribution in [1.82, 2.24) is 14.8 Å². The molecule has 6 nitrogen and oxygen atoms in total. The van der Waals surface area contributed by atoms with Crippen molar-refractivity contribution in [3.63, 3.8) is 0 Å². The maximum Gasteiger partial charge on any atom is 0.272 e. The molecule has 0 saturated carbocycles. The number of nitrogens with zero attached hydrogens (tertiary/aromatic N) is 3. The summed E-state index contributed by atoms with van der Waals surface area (Å²) in [6.45, 7) is 2.00. The standard InChI is InChI=1S/C22H25N3O3/c1-28-19-9-6-16(7-10-19)12-21(26)25-14-17-5-8-18(25)15-24(13-17)22(27)20-4-2-3-11-23-20/h2-4,6-7,9-11,17-18H,5,8,12-15H2,1H3/t17-,18+/m0/s1. The number of carbonyl (C=O) groups is 2. The summed E-state index contributed by atoms with van der Waals surface area (Å²) < 4.78 is 5.18. The number of aromatic nitrogens is 1. The number of benzene rings is 1. The number of ether oxygens (including phenoxy) is 1. The summed E-state index contributed by atoms with van der Waals surface area (Å²) in [4.78, 5) is 33.9. The molecule has 0 spiro atoms. The molecule has 3 fully saturated rings. The SMILES string of the molecule is COc1ccc(CC(=O)N2C[C@H]3CC[C@@H]2CN(C(=O)c2ccccn2)C3)cc1. The summed E-state index contributed by atoms with van der Waals surface area (Å²) in [5.74, 6) is 1.20. The number of fused-ring (bicyclic) bond motifs is 4. The molecule has 4 heterocycles. The Morgan fingerprint density at radius 1 is 1.07 bits per heavy atom. The first kappa shape index (κ1) is 18.5. The first-order chi connectivity index (χ1) is 13.6. The van der Waals surface area contributed by atoms with Gasteiger partial charge in [-0.3, -0.25) is 14.6 Å². The highest BCUT2D eigenvalue weighted by Gasteiger charge is 2.38. The lowest BCUT2D eigenvalue weighted by molar-refractivity contribution is -0.134. The van der Waals surface area contributed by atoms with E-state index in [4.69, 9.17) is 4.74 Å². The molecule has 2 atom stereocenters. The number of rotatable bonds is 4. The van der Waals surface area contributed by atoms with Crippen molar-refractivity contribution in [1.29, 1.82) is 0 Å². The molecular weight excluding hydrogens is 354 g/mol. The van der Waals surface area contributed by atoms with Gasteiger partial charge in [0.15, 0.2) is 0 Å². The predicted octanol–water partition coefficient (Wildman–Crippen LogP) is 2.40. The fourth-order valence-corrected chi connectivity index (χ4v) is 4.22. The molecular formula is C22H25N3O3. The summed E-state index contributed by atoms with van der Waals surface area (Å²) in [5.41, 5.74) is 1.45. The molecule has 0 unspecified atom stereocenters. The number of piperidine rings is 1. The van der Waals surface area contributed by atoms with Crippen LogP contribution in [0.25, 0.3) is 0 Å². The summed E-state index contributed by atoms with van der Waals surface area (Å²) in [6.07, 6.45) is 4.03. The van der Waals surface area contributed by atoms with Crippen LogP contribution in [0.2, 0.25) is 0 Å². The lowest BCUT2D eigenvalue weighted by atomic mass is 9.94. The van der Waals surface area contributed by atoms with Gasteiger partial charge < -0.3 is 14.5 Å². The molecule has 2 bridgehead atoms. The van der Waals surface area contributed by atoms with Gasteiger partial charge in [0.25, 0.3) is 5.91 Å². The molecule has 3 aliphatic rings. The lowest BCUT2D eigenvalue weighted by Crippen LogP contribution is -2.48. The van der Waals surface area contributed by atoms with Crippen LogP contribution in [0.15, 0.2) is 48.7 Å². The predicted molar refractivity (Wildman–Crippen MR) is 105 cm³/mol. The third-order valence-electron chi connectivity index (χ3n) is 5.72. The van der Waals surface area contributed by atoms with Crippen LogP contribution in [0, 0.1) is 5.92 Å². The molecule has 28 heavy (non-hydrogen) atoms. The topological polar surface area (TPSA) is 62.7 Å². The third kappa shape index (κ3) is 3.86. The van der Waals surface area contributed by atoms with Crippen molar-refractivity contribution in [2.75, 3.05) is 26.7 Å². The second kappa shape index (κ2) is 8.00. The van der Waals surface area contributed by atoms with Gasteiger partial charge in [-0.1, -0.05) is 18.2 Å². The highest BCUT2D eigenvalue weighted by atomic mass is 16.5. The Kier molecular flexibility index (Phi) is 5.28. The van der Waals surface area contributed by atoms with Gasteiger partial charge in [-0.05, 0) is 48.6 Å². The first-order valence-electron chi connectivity index (χ1n) is 9.76. The van der Waals surface area contributed by atoms with Crippen LogP contribution in [-0.2, 0) is 11.2 Å². The largest absolute Gasteiger partial charge is 0.497 e. The van der Waals surface area contributed by atoms with E-state index in [2.05, 4.69) is 4.98 Å². The van der Waals surface area contributed by atoms with E-state index in [0.29, 0.717) is 31.1 Å². The van der Waals surface area contributed by atoms with Crippen molar-refractivity contribution in [3.8, 4) is 5.75 Å². The number of methoxy groups -OCH3 is 1. The molecule has 146 valence electrons. The summed E-state index contributed by atoms with van der Waals surface area (Å²) in [7, 11) is 1.63. The van der Waals surface area contributed by atoms with Gasteiger partial charge in [0.2, 0.25) is 5.91 Å². The molecule has 0 N–H and O–H groups in total. The molecule has 1 aromatic carbocycles. The number of pyridine rings is 1. The molecule has 0 aliphatic carbocycles. The minimum absolute atomic E-state index is 0.0399. The molecule has 6 heteroatoms. The van der Waals surface area contributed by atoms with Crippen LogP contribution in [0.1, 0.15) is 28.9 Å². The van der Waals surface area contributed by atoms with Gasteiger partial charge in [-0.25, -0.2) is 0 Å². The van der Waals surface area contributed by atoms with Gasteiger partial charge in [-0.2, -0.15) is 0 Å². The molecule has 3 aliphatic heterocycles. The molecule has 3 saturated heterocycles. The van der Waals surface area contributed by atoms with Gasteiger partial charge in [0, 0.05) is 31.9 Å². The normalized spacial score (nSPS) is 21.3. The Labute approximate surface area is 165 Å². The van der Waals surface area contributed by atoms with Crippen LogP contribution < -0.4 is 4.74 Å². The van der Waals surface area contributed by atoms with Crippen molar-refractivity contribution in [2.24, 2.45) is 5.92 Å². The monoisotopic (exact) mass is 379 g/mol. The molecule has 2 amide bonds. The highest BCUT2D eigenvalue weighted by molar-refractivity contribution is 5.92. The molecule has 2 aromatic rings. The summed E-state index contributed by atoms with van der Waals surface area (Å²) in [6, 6.07) is 13.1. The zero-order valence-corrected chi connectivity index (χ0v) is 16.1. The van der Waals surface area contributed by atoms with E-state index in [1.807, 2.05) is 46.2 Å². The summed E-state index contributed by atoms with van der Waals surface area (Å²) in [5, 5.41) is 0. The van der Waals surface area contributed by atoms with Crippen molar-refractivity contribution in [2.45, 2.75) is 25.3 Å². The van der Waals surface area contributed by atoms with Crippen LogP contribution in [0.4, 0.5) is 0 Å². The molecule has 5 rings (SSSR count). The van der Waals surface area contributed by atoms with Gasteiger partial charge in [-0.15, -0.1) is 0 Å². The van der Waals surface area contributed by atoms with Crippen LogP contribution in [-0.4, -0.2) is 59.4 Å². The van der Waals surface area contributed by atoms with Gasteiger partial charge >= 0.3 is 0 Å². The van der Waals surface area contributed by atoms with Crippen LogP contribution >= 0.6 is 0 Å². The Bertz CT molecular complexity index is 838. The highest BCUT2D eigenvalue weighted by Crippen LogP contribution is 2.29. The van der Waals surface area contributed by atoms with E-state index in [1.54, 1.807) is 19.4 Å². The zero-order valence-electron chi connectivity index (χ0n) is 16.1. The van der Waals surface area contributed by atoms with E-state index >= 15 is 0 Å². The smallest absolute Gasteiger partial charge is 0.272 e. The maximum atomic E-state index is 13.0. The number of hydrogen-bond donors (Lipinski definition) is 0. The van der Waals surface area contributed by atoms with Crippen LogP contribution in [0.3, 0.4) is 0 Å². The Morgan fingerprint density at radius 3 is 2.61 bits per heavy atom.